The zero-order valence-corrected chi connectivity index (χ0v) is 36.7. The fourth-order valence-corrected chi connectivity index (χ4v) is 6.28. The number of phosphoric acid groups is 1. The number of hydrogen-bond donors (Lipinski definition) is 4. The van der Waals surface area contributed by atoms with Crippen LogP contribution >= 0.6 is 7.82 Å². The SMILES string of the molecule is CCCCC/C=C\C/C=C\C/C=C\C/C=C\CCCCCC(=O)OCC(O)COP(=O)(O)OCC(NC(=O)CCCCCCC/C=C\C/C=C\CCCCC)C(=O)O. The molecule has 0 fully saturated rings. The quantitative estimate of drug-likeness (QED) is 0.0202. The highest BCUT2D eigenvalue weighted by atomic mass is 31.2. The molecular weight excluding hydrogens is 757 g/mol. The molecule has 0 saturated carbocycles. The number of nitrogens with one attached hydrogen (secondary N) is 1. The summed E-state index contributed by atoms with van der Waals surface area (Å²) in [6.07, 6.45) is 47.8. The predicted molar refractivity (Wildman–Crippen MR) is 235 cm³/mol. The van der Waals surface area contributed by atoms with E-state index in [4.69, 9.17) is 13.8 Å². The molecule has 0 aliphatic carbocycles. The van der Waals surface area contributed by atoms with Gasteiger partial charge in [-0.25, -0.2) is 9.36 Å². The number of carbonyl (C=O) groups is 3. The van der Waals surface area contributed by atoms with E-state index in [1.807, 2.05) is 0 Å². The van der Waals surface area contributed by atoms with Gasteiger partial charge in [0.25, 0.3) is 0 Å². The lowest BCUT2D eigenvalue weighted by molar-refractivity contribution is -0.147. The molecule has 0 aromatic rings. The standard InChI is InChI=1S/C46H78NO10P/c1-3-5-7-9-11-13-15-17-19-20-21-22-24-26-28-30-32-34-36-38-45(50)55-39-42(48)40-56-58(53,54)57-41-43(46(51)52)47-44(49)37-35-33-31-29-27-25-23-18-16-14-12-10-8-6-4-2/h11-14,17-19,21-23,26,28,42-43,48H,3-10,15-16,20,24-25,27,29-41H2,1-2H3,(H,47,49)(H,51,52)(H,53,54)/b13-11-,14-12-,19-17-,22-21-,23-18-,28-26-. The third-order valence-corrected chi connectivity index (χ3v) is 9.92. The number of aliphatic hydroxyl groups is 1. The molecule has 0 aromatic carbocycles. The molecule has 0 aliphatic heterocycles. The molecule has 332 valence electrons. The fraction of sp³-hybridized carbons (Fsp3) is 0.674. The highest BCUT2D eigenvalue weighted by molar-refractivity contribution is 7.47. The normalized spacial score (nSPS) is 14.4. The lowest BCUT2D eigenvalue weighted by atomic mass is 10.1. The van der Waals surface area contributed by atoms with Crippen LogP contribution in [0.1, 0.15) is 168 Å². The maximum atomic E-state index is 12.3. The second-order valence-electron chi connectivity index (χ2n) is 14.5. The van der Waals surface area contributed by atoms with Gasteiger partial charge in [0.2, 0.25) is 5.91 Å². The Morgan fingerprint density at radius 2 is 0.948 bits per heavy atom. The number of amides is 1. The van der Waals surface area contributed by atoms with E-state index in [0.717, 1.165) is 83.5 Å². The first-order chi connectivity index (χ1) is 28.1. The van der Waals surface area contributed by atoms with Crippen LogP contribution in [0.4, 0.5) is 0 Å². The van der Waals surface area contributed by atoms with Crippen LogP contribution < -0.4 is 5.32 Å². The molecule has 0 heterocycles. The summed E-state index contributed by atoms with van der Waals surface area (Å²) in [6.45, 7) is 2.48. The van der Waals surface area contributed by atoms with E-state index < -0.39 is 57.6 Å². The van der Waals surface area contributed by atoms with Gasteiger partial charge >= 0.3 is 19.8 Å². The van der Waals surface area contributed by atoms with Crippen molar-refractivity contribution in [1.82, 2.24) is 5.32 Å². The molecule has 3 unspecified atom stereocenters. The Labute approximate surface area is 350 Å². The number of phosphoric ester groups is 1. The van der Waals surface area contributed by atoms with Crippen LogP contribution in [0.3, 0.4) is 0 Å². The van der Waals surface area contributed by atoms with E-state index in [-0.39, 0.29) is 12.8 Å². The summed E-state index contributed by atoms with van der Waals surface area (Å²) in [6, 6.07) is -1.56. The third kappa shape index (κ3) is 39.7. The second kappa shape index (κ2) is 40.7. The number of ether oxygens (including phenoxy) is 1. The topological polar surface area (TPSA) is 169 Å². The van der Waals surface area contributed by atoms with Crippen LogP contribution in [0.15, 0.2) is 72.9 Å². The summed E-state index contributed by atoms with van der Waals surface area (Å²) in [5.41, 5.74) is 0. The molecule has 0 rings (SSSR count). The zero-order valence-electron chi connectivity index (χ0n) is 35.8. The summed E-state index contributed by atoms with van der Waals surface area (Å²) < 4.78 is 26.8. The van der Waals surface area contributed by atoms with Gasteiger partial charge in [-0.05, 0) is 89.9 Å². The maximum absolute atomic E-state index is 12.3. The van der Waals surface area contributed by atoms with E-state index in [1.165, 1.54) is 44.9 Å². The fourth-order valence-electron chi connectivity index (χ4n) is 5.50. The molecule has 0 bridgehead atoms. The minimum Gasteiger partial charge on any atom is -0.480 e. The van der Waals surface area contributed by atoms with Crippen molar-refractivity contribution >= 4 is 25.7 Å². The first-order valence-corrected chi connectivity index (χ1v) is 23.5. The molecule has 58 heavy (non-hydrogen) atoms. The van der Waals surface area contributed by atoms with Crippen LogP contribution in [-0.2, 0) is 32.7 Å². The molecule has 0 aromatic heterocycles. The molecule has 11 nitrogen and oxygen atoms in total. The van der Waals surface area contributed by atoms with E-state index >= 15 is 0 Å². The molecule has 0 spiro atoms. The number of esters is 1. The van der Waals surface area contributed by atoms with Crippen LogP contribution in [0, 0.1) is 0 Å². The van der Waals surface area contributed by atoms with E-state index in [9.17, 15) is 34.1 Å². The predicted octanol–water partition coefficient (Wildman–Crippen LogP) is 11.3. The second-order valence-corrected chi connectivity index (χ2v) is 16.0. The maximum Gasteiger partial charge on any atom is 0.472 e. The van der Waals surface area contributed by atoms with Gasteiger partial charge in [0.15, 0.2) is 6.04 Å². The Morgan fingerprint density at radius 1 is 0.552 bits per heavy atom. The van der Waals surface area contributed by atoms with Crippen molar-refractivity contribution in [2.45, 2.75) is 180 Å². The monoisotopic (exact) mass is 836 g/mol. The zero-order chi connectivity index (χ0) is 42.8. The minimum absolute atomic E-state index is 0.124. The minimum atomic E-state index is -4.77. The molecule has 3 atom stereocenters. The number of aliphatic hydroxyl groups excluding tert-OH is 1. The van der Waals surface area contributed by atoms with Crippen molar-refractivity contribution in [2.24, 2.45) is 0 Å². The van der Waals surface area contributed by atoms with Gasteiger partial charge in [-0.15, -0.1) is 0 Å². The average Bonchev–Trinajstić information content (AvgIpc) is 3.20. The van der Waals surface area contributed by atoms with Crippen LogP contribution in [0.5, 0.6) is 0 Å². The van der Waals surface area contributed by atoms with Gasteiger partial charge in [0.1, 0.15) is 12.7 Å². The van der Waals surface area contributed by atoms with Crippen molar-refractivity contribution < 1.29 is 47.8 Å². The molecule has 0 radical (unpaired) electrons. The highest BCUT2D eigenvalue weighted by Crippen LogP contribution is 2.43. The Hall–Kier alpha value is -3.08. The molecule has 0 saturated heterocycles. The van der Waals surface area contributed by atoms with Crippen LogP contribution in [0.25, 0.3) is 0 Å². The number of carboxylic acids is 1. The number of hydrogen-bond acceptors (Lipinski definition) is 8. The summed E-state index contributed by atoms with van der Waals surface area (Å²) in [5, 5.41) is 21.8. The van der Waals surface area contributed by atoms with Crippen LogP contribution in [0.2, 0.25) is 0 Å². The van der Waals surface area contributed by atoms with Crippen molar-refractivity contribution in [2.75, 3.05) is 19.8 Å². The number of aliphatic carboxylic acids is 1. The number of unbranched alkanes of at least 4 members (excludes halogenated alkanes) is 14. The largest absolute Gasteiger partial charge is 0.480 e. The van der Waals surface area contributed by atoms with Gasteiger partial charge in [-0.1, -0.05) is 138 Å². The first kappa shape index (κ1) is 54.9. The summed E-state index contributed by atoms with van der Waals surface area (Å²) in [5.74, 6) is -2.44. The highest BCUT2D eigenvalue weighted by Gasteiger charge is 2.28. The van der Waals surface area contributed by atoms with Gasteiger partial charge < -0.3 is 25.2 Å². The number of allylic oxidation sites excluding steroid dienone is 12. The molecule has 4 N–H and O–H groups in total. The number of carbonyl (C=O) groups excluding carboxylic acids is 2. The van der Waals surface area contributed by atoms with Gasteiger partial charge in [0.05, 0.1) is 13.2 Å². The van der Waals surface area contributed by atoms with Gasteiger partial charge in [-0.3, -0.25) is 18.6 Å². The van der Waals surface area contributed by atoms with E-state index in [1.54, 1.807) is 0 Å². The Balaban J connectivity index is 3.99. The molecule has 0 aliphatic rings. The number of rotatable bonds is 40. The summed E-state index contributed by atoms with van der Waals surface area (Å²) in [7, 11) is -4.77. The Bertz CT molecular complexity index is 1260. The van der Waals surface area contributed by atoms with Crippen molar-refractivity contribution in [3.63, 3.8) is 0 Å². The van der Waals surface area contributed by atoms with Crippen molar-refractivity contribution in [1.29, 1.82) is 0 Å². The van der Waals surface area contributed by atoms with Crippen molar-refractivity contribution in [3.05, 3.63) is 72.9 Å². The lowest BCUT2D eigenvalue weighted by Gasteiger charge is -2.18. The molecule has 12 heteroatoms. The van der Waals surface area contributed by atoms with Gasteiger partial charge in [-0.2, -0.15) is 0 Å². The number of carboxylic acid groups (broad SMARTS) is 1. The Morgan fingerprint density at radius 3 is 1.43 bits per heavy atom. The van der Waals surface area contributed by atoms with Gasteiger partial charge in [0, 0.05) is 12.8 Å². The smallest absolute Gasteiger partial charge is 0.472 e. The first-order valence-electron chi connectivity index (χ1n) is 22.0. The average molecular weight is 836 g/mol. The van der Waals surface area contributed by atoms with E-state index in [0.29, 0.717) is 12.8 Å². The lowest BCUT2D eigenvalue weighted by Crippen LogP contribution is -2.43. The summed E-state index contributed by atoms with van der Waals surface area (Å²) >= 11 is 0. The molecular formula is C46H78NO10P. The Kier molecular flexibility index (Phi) is 38.5. The third-order valence-electron chi connectivity index (χ3n) is 8.97. The molecule has 1 amide bonds. The summed E-state index contributed by atoms with van der Waals surface area (Å²) in [4.78, 5) is 45.9. The van der Waals surface area contributed by atoms with Crippen LogP contribution in [-0.4, -0.2) is 64.9 Å². The van der Waals surface area contributed by atoms with E-state index in [2.05, 4.69) is 92.1 Å². The van der Waals surface area contributed by atoms with Crippen molar-refractivity contribution in [3.8, 4) is 0 Å².